The van der Waals surface area contributed by atoms with Crippen molar-refractivity contribution in [2.24, 2.45) is 0 Å². The maximum atomic E-state index is 14.2. The van der Waals surface area contributed by atoms with Crippen molar-refractivity contribution in [2.75, 3.05) is 0 Å². The van der Waals surface area contributed by atoms with E-state index < -0.39 is 0 Å². The molecule has 94 valence electrons. The van der Waals surface area contributed by atoms with E-state index in [0.29, 0.717) is 5.56 Å². The predicted molar refractivity (Wildman–Crippen MR) is 78.8 cm³/mol. The largest absolute Gasteiger partial charge is 0.206 e. The second kappa shape index (κ2) is 4.51. The standard InChI is InChI=1S/C18H15F/c1-12-10-17(18(19)11-13(12)2)16-9-5-7-14-6-3-4-8-15(14)16/h3-11H,1-2H3. The Morgan fingerprint density at radius 2 is 1.42 bits per heavy atom. The fourth-order valence-corrected chi connectivity index (χ4v) is 2.45. The molecule has 19 heavy (non-hydrogen) atoms. The fourth-order valence-electron chi connectivity index (χ4n) is 2.45. The Morgan fingerprint density at radius 3 is 2.26 bits per heavy atom. The molecule has 0 saturated carbocycles. The Labute approximate surface area is 112 Å². The summed E-state index contributed by atoms with van der Waals surface area (Å²) in [6, 6.07) is 17.7. The molecule has 0 amide bonds. The summed E-state index contributed by atoms with van der Waals surface area (Å²) < 4.78 is 14.2. The summed E-state index contributed by atoms with van der Waals surface area (Å²) in [5, 5.41) is 2.23. The lowest BCUT2D eigenvalue weighted by Gasteiger charge is -2.10. The molecule has 1 heteroatoms. The second-order valence-corrected chi connectivity index (χ2v) is 4.94. The molecule has 0 aliphatic rings. The van der Waals surface area contributed by atoms with E-state index in [2.05, 4.69) is 12.1 Å². The summed E-state index contributed by atoms with van der Waals surface area (Å²) in [6.07, 6.45) is 0. The molecule has 0 aliphatic heterocycles. The number of rotatable bonds is 1. The molecule has 0 heterocycles. The highest BCUT2D eigenvalue weighted by molar-refractivity contribution is 5.96. The number of hydrogen-bond donors (Lipinski definition) is 0. The van der Waals surface area contributed by atoms with Crippen molar-refractivity contribution in [3.63, 3.8) is 0 Å². The van der Waals surface area contributed by atoms with E-state index in [1.807, 2.05) is 50.2 Å². The molecule has 0 atom stereocenters. The zero-order chi connectivity index (χ0) is 13.4. The van der Waals surface area contributed by atoms with Crippen LogP contribution in [0, 0.1) is 19.7 Å². The molecule has 0 radical (unpaired) electrons. The Balaban J connectivity index is 2.33. The normalized spacial score (nSPS) is 10.9. The van der Waals surface area contributed by atoms with E-state index in [9.17, 15) is 4.39 Å². The van der Waals surface area contributed by atoms with Crippen LogP contribution in [-0.4, -0.2) is 0 Å². The molecule has 3 aromatic rings. The van der Waals surface area contributed by atoms with Crippen LogP contribution in [0.1, 0.15) is 11.1 Å². The van der Waals surface area contributed by atoms with Crippen molar-refractivity contribution in [2.45, 2.75) is 13.8 Å². The maximum Gasteiger partial charge on any atom is 0.131 e. The fraction of sp³-hybridized carbons (Fsp3) is 0.111. The summed E-state index contributed by atoms with van der Waals surface area (Å²) in [5.41, 5.74) is 3.74. The summed E-state index contributed by atoms with van der Waals surface area (Å²) in [4.78, 5) is 0. The molecule has 0 N–H and O–H groups in total. The van der Waals surface area contributed by atoms with Crippen LogP contribution in [0.2, 0.25) is 0 Å². The average molecular weight is 250 g/mol. The topological polar surface area (TPSA) is 0 Å². The van der Waals surface area contributed by atoms with E-state index in [0.717, 1.165) is 27.5 Å². The highest BCUT2D eigenvalue weighted by atomic mass is 19.1. The van der Waals surface area contributed by atoms with Crippen LogP contribution >= 0.6 is 0 Å². The monoisotopic (exact) mass is 250 g/mol. The van der Waals surface area contributed by atoms with Gasteiger partial charge in [0.05, 0.1) is 0 Å². The lowest BCUT2D eigenvalue weighted by Crippen LogP contribution is -1.90. The molecule has 3 aromatic carbocycles. The van der Waals surface area contributed by atoms with Gasteiger partial charge in [-0.05, 0) is 53.4 Å². The van der Waals surface area contributed by atoms with Crippen molar-refractivity contribution in [1.82, 2.24) is 0 Å². The van der Waals surface area contributed by atoms with E-state index >= 15 is 0 Å². The minimum Gasteiger partial charge on any atom is -0.206 e. The Morgan fingerprint density at radius 1 is 0.737 bits per heavy atom. The third kappa shape index (κ3) is 2.01. The number of aryl methyl sites for hydroxylation is 2. The zero-order valence-electron chi connectivity index (χ0n) is 11.1. The first-order valence-corrected chi connectivity index (χ1v) is 6.42. The molecular formula is C18H15F. The third-order valence-corrected chi connectivity index (χ3v) is 3.66. The molecule has 0 bridgehead atoms. The Bertz CT molecular complexity index is 751. The van der Waals surface area contributed by atoms with Gasteiger partial charge in [-0.25, -0.2) is 4.39 Å². The summed E-state index contributed by atoms with van der Waals surface area (Å²) in [6.45, 7) is 3.95. The van der Waals surface area contributed by atoms with Gasteiger partial charge < -0.3 is 0 Å². The van der Waals surface area contributed by atoms with Gasteiger partial charge in [0.15, 0.2) is 0 Å². The average Bonchev–Trinajstić information content (AvgIpc) is 2.42. The molecule has 0 fully saturated rings. The minimum absolute atomic E-state index is 0.153. The lowest BCUT2D eigenvalue weighted by atomic mass is 9.95. The van der Waals surface area contributed by atoms with Gasteiger partial charge in [0.25, 0.3) is 0 Å². The quantitative estimate of drug-likeness (QED) is 0.552. The molecule has 0 nitrogen and oxygen atoms in total. The van der Waals surface area contributed by atoms with Gasteiger partial charge in [0.2, 0.25) is 0 Å². The van der Waals surface area contributed by atoms with Crippen LogP contribution in [0.15, 0.2) is 54.6 Å². The SMILES string of the molecule is Cc1cc(F)c(-c2cccc3ccccc23)cc1C. The van der Waals surface area contributed by atoms with Gasteiger partial charge in [-0.1, -0.05) is 42.5 Å². The van der Waals surface area contributed by atoms with Gasteiger partial charge in [-0.15, -0.1) is 0 Å². The number of hydrogen-bond acceptors (Lipinski definition) is 0. The summed E-state index contributed by atoms with van der Waals surface area (Å²) in [7, 11) is 0. The van der Waals surface area contributed by atoms with Crippen LogP contribution in [0.25, 0.3) is 21.9 Å². The van der Waals surface area contributed by atoms with Gasteiger partial charge >= 0.3 is 0 Å². The van der Waals surface area contributed by atoms with Crippen molar-refractivity contribution in [3.8, 4) is 11.1 Å². The summed E-state index contributed by atoms with van der Waals surface area (Å²) in [5.74, 6) is -0.153. The third-order valence-electron chi connectivity index (χ3n) is 3.66. The molecular weight excluding hydrogens is 235 g/mol. The zero-order valence-corrected chi connectivity index (χ0v) is 11.1. The van der Waals surface area contributed by atoms with E-state index in [1.54, 1.807) is 6.07 Å². The van der Waals surface area contributed by atoms with Gasteiger partial charge in [0, 0.05) is 5.56 Å². The van der Waals surface area contributed by atoms with Gasteiger partial charge in [-0.2, -0.15) is 0 Å². The van der Waals surface area contributed by atoms with E-state index in [4.69, 9.17) is 0 Å². The molecule has 0 aromatic heterocycles. The Kier molecular flexibility index (Phi) is 2.83. The van der Waals surface area contributed by atoms with Crippen molar-refractivity contribution in [3.05, 3.63) is 71.5 Å². The van der Waals surface area contributed by atoms with Crippen LogP contribution in [-0.2, 0) is 0 Å². The Hall–Kier alpha value is -2.15. The highest BCUT2D eigenvalue weighted by Gasteiger charge is 2.10. The molecule has 0 spiro atoms. The van der Waals surface area contributed by atoms with Gasteiger partial charge in [0.1, 0.15) is 5.82 Å². The van der Waals surface area contributed by atoms with Crippen LogP contribution in [0.4, 0.5) is 4.39 Å². The first-order valence-electron chi connectivity index (χ1n) is 6.42. The molecule has 0 unspecified atom stereocenters. The molecule has 0 aliphatic carbocycles. The number of benzene rings is 3. The van der Waals surface area contributed by atoms with E-state index in [-0.39, 0.29) is 5.82 Å². The first kappa shape index (κ1) is 11.9. The molecule has 3 rings (SSSR count). The van der Waals surface area contributed by atoms with Crippen molar-refractivity contribution >= 4 is 10.8 Å². The van der Waals surface area contributed by atoms with E-state index in [1.165, 1.54) is 0 Å². The number of halogens is 1. The first-order chi connectivity index (χ1) is 9.16. The van der Waals surface area contributed by atoms with Crippen molar-refractivity contribution < 1.29 is 4.39 Å². The summed E-state index contributed by atoms with van der Waals surface area (Å²) >= 11 is 0. The smallest absolute Gasteiger partial charge is 0.131 e. The molecule has 0 saturated heterocycles. The predicted octanol–water partition coefficient (Wildman–Crippen LogP) is 5.26. The lowest BCUT2D eigenvalue weighted by molar-refractivity contribution is 0.630. The second-order valence-electron chi connectivity index (χ2n) is 4.94. The number of fused-ring (bicyclic) bond motifs is 1. The maximum absolute atomic E-state index is 14.2. The van der Waals surface area contributed by atoms with Crippen molar-refractivity contribution in [1.29, 1.82) is 0 Å². The minimum atomic E-state index is -0.153. The highest BCUT2D eigenvalue weighted by Crippen LogP contribution is 2.31. The van der Waals surface area contributed by atoms with Gasteiger partial charge in [-0.3, -0.25) is 0 Å². The van der Waals surface area contributed by atoms with Crippen LogP contribution in [0.3, 0.4) is 0 Å². The van der Waals surface area contributed by atoms with Crippen LogP contribution < -0.4 is 0 Å². The van der Waals surface area contributed by atoms with Crippen LogP contribution in [0.5, 0.6) is 0 Å².